The molecule has 19 heavy (non-hydrogen) atoms. The van der Waals surface area contributed by atoms with Crippen molar-refractivity contribution in [1.82, 2.24) is 15.0 Å². The molecule has 100 valence electrons. The summed E-state index contributed by atoms with van der Waals surface area (Å²) < 4.78 is 0. The van der Waals surface area contributed by atoms with Gasteiger partial charge in [-0.2, -0.15) is 0 Å². The second-order valence-electron chi connectivity index (χ2n) is 3.79. The van der Waals surface area contributed by atoms with Crippen molar-refractivity contribution in [2.45, 2.75) is 23.9 Å². The maximum Gasteiger partial charge on any atom is 0.193 e. The van der Waals surface area contributed by atoms with Crippen molar-refractivity contribution in [2.75, 3.05) is 11.9 Å². The highest BCUT2D eigenvalue weighted by molar-refractivity contribution is 7.99. The van der Waals surface area contributed by atoms with Crippen LogP contribution in [-0.2, 0) is 0 Å². The second-order valence-corrected chi connectivity index (χ2v) is 4.80. The number of nitrogens with zero attached hydrogens (tertiary/aromatic N) is 2. The Hall–Kier alpha value is -1.95. The van der Waals surface area contributed by atoms with E-state index >= 15 is 0 Å². The molecule has 0 spiro atoms. The van der Waals surface area contributed by atoms with Gasteiger partial charge in [0, 0.05) is 18.9 Å². The molecule has 0 radical (unpaired) electrons. The minimum Gasteiger partial charge on any atom is -0.505 e. The molecule has 0 aliphatic rings. The van der Waals surface area contributed by atoms with Gasteiger partial charge in [-0.25, -0.2) is 9.97 Å². The topological polar surface area (TPSA) is 73.8 Å². The fourth-order valence-electron chi connectivity index (χ4n) is 1.56. The zero-order valence-corrected chi connectivity index (χ0v) is 11.7. The number of anilines is 1. The highest BCUT2D eigenvalue weighted by Crippen LogP contribution is 2.32. The van der Waals surface area contributed by atoms with E-state index in [1.54, 1.807) is 12.4 Å². The van der Waals surface area contributed by atoms with Crippen molar-refractivity contribution < 1.29 is 5.11 Å². The molecule has 0 aliphatic heterocycles. The maximum absolute atomic E-state index is 9.59. The van der Waals surface area contributed by atoms with Gasteiger partial charge >= 0.3 is 0 Å². The van der Waals surface area contributed by atoms with Crippen molar-refractivity contribution in [3.05, 3.63) is 30.4 Å². The van der Waals surface area contributed by atoms with E-state index in [4.69, 9.17) is 0 Å². The number of aromatic nitrogens is 3. The predicted molar refractivity (Wildman–Crippen MR) is 77.5 cm³/mol. The minimum absolute atomic E-state index is 0.206. The first-order valence-electron chi connectivity index (χ1n) is 6.01. The fraction of sp³-hybridized carbons (Fsp3) is 0.231. The van der Waals surface area contributed by atoms with Gasteiger partial charge in [0.1, 0.15) is 5.75 Å². The lowest BCUT2D eigenvalue weighted by Gasteiger charge is -2.07. The molecule has 2 rings (SSSR count). The van der Waals surface area contributed by atoms with Crippen molar-refractivity contribution in [3.8, 4) is 5.75 Å². The first-order valence-corrected chi connectivity index (χ1v) is 6.83. The fourth-order valence-corrected chi connectivity index (χ4v) is 2.30. The Balaban J connectivity index is 2.27. The van der Waals surface area contributed by atoms with E-state index in [9.17, 15) is 5.11 Å². The molecule has 6 heteroatoms. The van der Waals surface area contributed by atoms with Crippen LogP contribution in [0.3, 0.4) is 0 Å². The summed E-state index contributed by atoms with van der Waals surface area (Å²) in [5, 5.41) is 13.4. The van der Waals surface area contributed by atoms with Crippen LogP contribution in [0.1, 0.15) is 19.5 Å². The van der Waals surface area contributed by atoms with Gasteiger partial charge in [-0.1, -0.05) is 6.08 Å². The number of aromatic amines is 1. The van der Waals surface area contributed by atoms with Crippen LogP contribution in [-0.4, -0.2) is 26.6 Å². The van der Waals surface area contributed by atoms with E-state index in [0.29, 0.717) is 10.1 Å². The minimum atomic E-state index is 0.206. The Labute approximate surface area is 116 Å². The largest absolute Gasteiger partial charge is 0.505 e. The second kappa shape index (κ2) is 6.29. The van der Waals surface area contributed by atoms with E-state index in [1.807, 2.05) is 26.0 Å². The number of rotatable bonds is 5. The van der Waals surface area contributed by atoms with Crippen LogP contribution in [0.15, 0.2) is 34.7 Å². The standard InChI is InChI=1S/C13H16N4OS/c1-3-5-9-10(15-4-2)6-16-13(17-9)19-12-8-14-7-11(12)18/h3,5-8,14-15,18H,4H2,1-2H3. The monoisotopic (exact) mass is 276 g/mol. The summed E-state index contributed by atoms with van der Waals surface area (Å²) in [4.78, 5) is 12.3. The van der Waals surface area contributed by atoms with Crippen LogP contribution in [0.5, 0.6) is 5.75 Å². The van der Waals surface area contributed by atoms with E-state index in [2.05, 4.69) is 20.3 Å². The van der Waals surface area contributed by atoms with E-state index in [0.717, 1.165) is 17.9 Å². The summed E-state index contributed by atoms with van der Waals surface area (Å²) in [6.07, 6.45) is 8.88. The van der Waals surface area contributed by atoms with Gasteiger partial charge < -0.3 is 15.4 Å². The van der Waals surface area contributed by atoms with Gasteiger partial charge in [0.25, 0.3) is 0 Å². The van der Waals surface area contributed by atoms with Crippen LogP contribution in [0.25, 0.3) is 6.08 Å². The highest BCUT2D eigenvalue weighted by Gasteiger charge is 2.09. The molecule has 2 heterocycles. The molecule has 0 atom stereocenters. The smallest absolute Gasteiger partial charge is 0.193 e. The highest BCUT2D eigenvalue weighted by atomic mass is 32.2. The Kier molecular flexibility index (Phi) is 4.46. The average Bonchev–Trinajstić information content (AvgIpc) is 2.79. The molecule has 0 saturated heterocycles. The molecule has 0 unspecified atom stereocenters. The summed E-state index contributed by atoms with van der Waals surface area (Å²) in [6, 6.07) is 0. The Bertz CT molecular complexity index is 580. The summed E-state index contributed by atoms with van der Waals surface area (Å²) in [7, 11) is 0. The molecule has 0 saturated carbocycles. The summed E-state index contributed by atoms with van der Waals surface area (Å²) in [6.45, 7) is 4.79. The number of hydrogen-bond donors (Lipinski definition) is 3. The van der Waals surface area contributed by atoms with E-state index in [-0.39, 0.29) is 5.75 Å². The van der Waals surface area contributed by atoms with Crippen molar-refractivity contribution in [3.63, 3.8) is 0 Å². The summed E-state index contributed by atoms with van der Waals surface area (Å²) in [5.74, 6) is 0.206. The van der Waals surface area contributed by atoms with Gasteiger partial charge in [0.2, 0.25) is 0 Å². The molecule has 0 aromatic carbocycles. The van der Waals surface area contributed by atoms with Crippen molar-refractivity contribution in [1.29, 1.82) is 0 Å². The molecular weight excluding hydrogens is 260 g/mol. The number of nitrogens with one attached hydrogen (secondary N) is 2. The van der Waals surface area contributed by atoms with Gasteiger partial charge in [0.05, 0.1) is 22.5 Å². The third-order valence-corrected chi connectivity index (χ3v) is 3.30. The lowest BCUT2D eigenvalue weighted by atomic mass is 10.3. The molecule has 3 N–H and O–H groups in total. The predicted octanol–water partition coefficient (Wildman–Crippen LogP) is 3.13. The van der Waals surface area contributed by atoms with Crippen LogP contribution in [0.2, 0.25) is 0 Å². The lowest BCUT2D eigenvalue weighted by Crippen LogP contribution is -2.02. The first kappa shape index (κ1) is 13.5. The molecule has 0 aliphatic carbocycles. The third-order valence-electron chi connectivity index (χ3n) is 2.38. The van der Waals surface area contributed by atoms with Crippen LogP contribution in [0.4, 0.5) is 5.69 Å². The first-order chi connectivity index (χ1) is 9.24. The van der Waals surface area contributed by atoms with Crippen molar-refractivity contribution in [2.24, 2.45) is 0 Å². The number of allylic oxidation sites excluding steroid dienone is 1. The molecule has 0 bridgehead atoms. The number of hydrogen-bond acceptors (Lipinski definition) is 5. The molecule has 2 aromatic rings. The molecule has 0 amide bonds. The normalized spacial score (nSPS) is 11.1. The zero-order valence-electron chi connectivity index (χ0n) is 10.8. The summed E-state index contributed by atoms with van der Waals surface area (Å²) >= 11 is 1.32. The SMILES string of the molecule is CC=Cc1nc(Sc2c[nH]cc2O)ncc1NCC. The van der Waals surface area contributed by atoms with Gasteiger partial charge in [-0.05, 0) is 31.7 Å². The van der Waals surface area contributed by atoms with Crippen LogP contribution in [0, 0.1) is 0 Å². The zero-order chi connectivity index (χ0) is 13.7. The summed E-state index contributed by atoms with van der Waals surface area (Å²) in [5.41, 5.74) is 1.75. The molecule has 0 fully saturated rings. The van der Waals surface area contributed by atoms with E-state index in [1.165, 1.54) is 18.0 Å². The Morgan fingerprint density at radius 3 is 2.95 bits per heavy atom. The van der Waals surface area contributed by atoms with Gasteiger partial charge in [-0.15, -0.1) is 0 Å². The van der Waals surface area contributed by atoms with Crippen molar-refractivity contribution >= 4 is 23.5 Å². The van der Waals surface area contributed by atoms with E-state index < -0.39 is 0 Å². The van der Waals surface area contributed by atoms with Gasteiger partial charge in [0.15, 0.2) is 5.16 Å². The maximum atomic E-state index is 9.59. The molecular formula is C13H16N4OS. The van der Waals surface area contributed by atoms with Gasteiger partial charge in [-0.3, -0.25) is 0 Å². The number of aromatic hydroxyl groups is 1. The Morgan fingerprint density at radius 2 is 2.32 bits per heavy atom. The molecule has 2 aromatic heterocycles. The quantitative estimate of drug-likeness (QED) is 0.732. The van der Waals surface area contributed by atoms with Crippen LogP contribution < -0.4 is 5.32 Å². The van der Waals surface area contributed by atoms with Crippen LogP contribution >= 0.6 is 11.8 Å². The lowest BCUT2D eigenvalue weighted by molar-refractivity contribution is 0.464. The Morgan fingerprint density at radius 1 is 1.47 bits per heavy atom. The number of H-pyrrole nitrogens is 1. The molecule has 5 nitrogen and oxygen atoms in total. The average molecular weight is 276 g/mol. The third kappa shape index (κ3) is 3.29.